The summed E-state index contributed by atoms with van der Waals surface area (Å²) < 4.78 is 5.23. The maximum atomic E-state index is 5.23. The standard InChI is InChI=1S/C11H14O/c1-12-11-7-6-9-4-2-3-5-10(9)8-11/h2,4,6-7,10H,3,5,8H2,1H3. The number of allylic oxidation sites excluding steroid dienone is 6. The van der Waals surface area contributed by atoms with Crippen molar-refractivity contribution in [2.45, 2.75) is 19.3 Å². The highest BCUT2D eigenvalue weighted by Crippen LogP contribution is 2.32. The molecule has 2 rings (SSSR count). The lowest BCUT2D eigenvalue weighted by molar-refractivity contribution is 0.260. The largest absolute Gasteiger partial charge is 0.501 e. The molecule has 12 heavy (non-hydrogen) atoms. The van der Waals surface area contributed by atoms with Gasteiger partial charge in [0.15, 0.2) is 0 Å². The Kier molecular flexibility index (Phi) is 2.03. The molecule has 0 aromatic heterocycles. The first-order valence-electron chi connectivity index (χ1n) is 4.51. The van der Waals surface area contributed by atoms with Crippen LogP contribution in [0.3, 0.4) is 0 Å². The van der Waals surface area contributed by atoms with Crippen LogP contribution in [-0.2, 0) is 4.74 Å². The Balaban J connectivity index is 2.21. The smallest absolute Gasteiger partial charge is 0.0961 e. The van der Waals surface area contributed by atoms with Crippen LogP contribution in [0.4, 0.5) is 0 Å². The van der Waals surface area contributed by atoms with Crippen molar-refractivity contribution in [2.24, 2.45) is 5.92 Å². The average Bonchev–Trinajstić information content (AvgIpc) is 2.17. The van der Waals surface area contributed by atoms with Gasteiger partial charge in [-0.1, -0.05) is 18.2 Å². The summed E-state index contributed by atoms with van der Waals surface area (Å²) in [4.78, 5) is 0. The van der Waals surface area contributed by atoms with Gasteiger partial charge in [0.05, 0.1) is 12.9 Å². The number of methoxy groups -OCH3 is 1. The number of hydrogen-bond donors (Lipinski definition) is 0. The quantitative estimate of drug-likeness (QED) is 0.576. The van der Waals surface area contributed by atoms with Crippen molar-refractivity contribution in [3.05, 3.63) is 35.6 Å². The van der Waals surface area contributed by atoms with E-state index in [1.807, 2.05) is 0 Å². The summed E-state index contributed by atoms with van der Waals surface area (Å²) in [6.07, 6.45) is 12.4. The van der Waals surface area contributed by atoms with Gasteiger partial charge in [0, 0.05) is 6.42 Å². The first-order valence-corrected chi connectivity index (χ1v) is 4.51. The molecule has 0 radical (unpaired) electrons. The molecule has 0 aliphatic heterocycles. The van der Waals surface area contributed by atoms with Gasteiger partial charge in [-0.25, -0.2) is 0 Å². The molecule has 0 N–H and O–H groups in total. The van der Waals surface area contributed by atoms with Crippen LogP contribution in [0.25, 0.3) is 0 Å². The monoisotopic (exact) mass is 162 g/mol. The summed E-state index contributed by atoms with van der Waals surface area (Å²) in [5.41, 5.74) is 1.47. The fourth-order valence-corrected chi connectivity index (χ4v) is 1.88. The van der Waals surface area contributed by atoms with Crippen LogP contribution < -0.4 is 0 Å². The lowest BCUT2D eigenvalue weighted by Gasteiger charge is -2.24. The molecule has 0 aromatic rings. The highest BCUT2D eigenvalue weighted by molar-refractivity contribution is 5.33. The summed E-state index contributed by atoms with van der Waals surface area (Å²) in [5, 5.41) is 0. The molecule has 1 unspecified atom stereocenters. The second-order valence-corrected chi connectivity index (χ2v) is 3.38. The maximum Gasteiger partial charge on any atom is 0.0961 e. The van der Waals surface area contributed by atoms with E-state index in [9.17, 15) is 0 Å². The highest BCUT2D eigenvalue weighted by Gasteiger charge is 2.19. The van der Waals surface area contributed by atoms with E-state index in [4.69, 9.17) is 4.74 Å². The third-order valence-corrected chi connectivity index (χ3v) is 2.63. The highest BCUT2D eigenvalue weighted by atomic mass is 16.5. The lowest BCUT2D eigenvalue weighted by Crippen LogP contribution is -2.11. The van der Waals surface area contributed by atoms with Crippen LogP contribution in [0.5, 0.6) is 0 Å². The van der Waals surface area contributed by atoms with Gasteiger partial charge >= 0.3 is 0 Å². The normalized spacial score (nSPS) is 27.2. The summed E-state index contributed by atoms with van der Waals surface area (Å²) in [6.45, 7) is 0. The summed E-state index contributed by atoms with van der Waals surface area (Å²) >= 11 is 0. The third kappa shape index (κ3) is 1.31. The molecule has 1 heteroatoms. The first-order chi connectivity index (χ1) is 5.90. The third-order valence-electron chi connectivity index (χ3n) is 2.63. The Morgan fingerprint density at radius 3 is 3.17 bits per heavy atom. The van der Waals surface area contributed by atoms with Gasteiger partial charge in [-0.15, -0.1) is 0 Å². The predicted molar refractivity (Wildman–Crippen MR) is 49.7 cm³/mol. The van der Waals surface area contributed by atoms with Gasteiger partial charge in [-0.05, 0) is 30.4 Å². The molecule has 1 nitrogen and oxygen atoms in total. The van der Waals surface area contributed by atoms with Crippen molar-refractivity contribution in [2.75, 3.05) is 7.11 Å². The van der Waals surface area contributed by atoms with Crippen molar-refractivity contribution in [3.8, 4) is 0 Å². The van der Waals surface area contributed by atoms with E-state index in [0.29, 0.717) is 0 Å². The van der Waals surface area contributed by atoms with Crippen molar-refractivity contribution >= 4 is 0 Å². The molecule has 0 amide bonds. The van der Waals surface area contributed by atoms with E-state index in [0.717, 1.165) is 18.1 Å². The number of rotatable bonds is 1. The zero-order valence-corrected chi connectivity index (χ0v) is 7.42. The fraction of sp³-hybridized carbons (Fsp3) is 0.455. The molecule has 0 aromatic carbocycles. The minimum Gasteiger partial charge on any atom is -0.501 e. The average molecular weight is 162 g/mol. The molecule has 1 atom stereocenters. The van der Waals surface area contributed by atoms with Gasteiger partial charge in [0.25, 0.3) is 0 Å². The van der Waals surface area contributed by atoms with E-state index >= 15 is 0 Å². The molecule has 0 heterocycles. The van der Waals surface area contributed by atoms with Crippen LogP contribution in [0.1, 0.15) is 19.3 Å². The number of ether oxygens (including phenoxy) is 1. The second-order valence-electron chi connectivity index (χ2n) is 3.38. The zero-order chi connectivity index (χ0) is 8.39. The van der Waals surface area contributed by atoms with Crippen LogP contribution in [0.2, 0.25) is 0 Å². The van der Waals surface area contributed by atoms with Crippen LogP contribution in [0, 0.1) is 5.92 Å². The Morgan fingerprint density at radius 1 is 1.42 bits per heavy atom. The summed E-state index contributed by atoms with van der Waals surface area (Å²) in [5.74, 6) is 1.84. The van der Waals surface area contributed by atoms with E-state index in [1.165, 1.54) is 18.4 Å². The molecule has 0 fully saturated rings. The first kappa shape index (κ1) is 7.66. The Morgan fingerprint density at radius 2 is 2.33 bits per heavy atom. The number of fused-ring (bicyclic) bond motifs is 1. The molecule has 2 aliphatic carbocycles. The van der Waals surface area contributed by atoms with Gasteiger partial charge in [0.1, 0.15) is 0 Å². The van der Waals surface area contributed by atoms with E-state index in [-0.39, 0.29) is 0 Å². The summed E-state index contributed by atoms with van der Waals surface area (Å²) in [6, 6.07) is 0. The van der Waals surface area contributed by atoms with Crippen LogP contribution in [0.15, 0.2) is 35.6 Å². The van der Waals surface area contributed by atoms with Crippen LogP contribution in [-0.4, -0.2) is 7.11 Å². The van der Waals surface area contributed by atoms with E-state index < -0.39 is 0 Å². The summed E-state index contributed by atoms with van der Waals surface area (Å²) in [7, 11) is 1.75. The maximum absolute atomic E-state index is 5.23. The Bertz CT molecular complexity index is 258. The minimum atomic E-state index is 0.718. The van der Waals surface area contributed by atoms with Gasteiger partial charge in [-0.2, -0.15) is 0 Å². The molecule has 0 bridgehead atoms. The zero-order valence-electron chi connectivity index (χ0n) is 7.42. The fourth-order valence-electron chi connectivity index (χ4n) is 1.88. The predicted octanol–water partition coefficient (Wildman–Crippen LogP) is 2.81. The lowest BCUT2D eigenvalue weighted by atomic mass is 9.83. The topological polar surface area (TPSA) is 9.23 Å². The van der Waals surface area contributed by atoms with Crippen LogP contribution >= 0.6 is 0 Å². The molecule has 0 spiro atoms. The molecule has 0 saturated heterocycles. The molecular weight excluding hydrogens is 148 g/mol. The second kappa shape index (κ2) is 3.18. The van der Waals surface area contributed by atoms with Gasteiger partial charge in [0.2, 0.25) is 0 Å². The SMILES string of the molecule is COC1=CC=C2C=CCCC2C1. The van der Waals surface area contributed by atoms with Gasteiger partial charge < -0.3 is 4.74 Å². The molecule has 0 saturated carbocycles. The van der Waals surface area contributed by atoms with E-state index in [1.54, 1.807) is 7.11 Å². The molecular formula is C11H14O. The van der Waals surface area contributed by atoms with Gasteiger partial charge in [-0.3, -0.25) is 0 Å². The van der Waals surface area contributed by atoms with E-state index in [2.05, 4.69) is 24.3 Å². The minimum absolute atomic E-state index is 0.718. The Labute approximate surface area is 73.4 Å². The number of hydrogen-bond acceptors (Lipinski definition) is 1. The molecule has 64 valence electrons. The van der Waals surface area contributed by atoms with Crippen molar-refractivity contribution in [1.82, 2.24) is 0 Å². The van der Waals surface area contributed by atoms with Crippen molar-refractivity contribution in [1.29, 1.82) is 0 Å². The van der Waals surface area contributed by atoms with Crippen molar-refractivity contribution in [3.63, 3.8) is 0 Å². The molecule has 2 aliphatic rings. The Hall–Kier alpha value is -0.980. The van der Waals surface area contributed by atoms with Crippen molar-refractivity contribution < 1.29 is 4.74 Å².